The van der Waals surface area contributed by atoms with Crippen LogP contribution in [0, 0.1) is 0 Å². The molecule has 0 amide bonds. The van der Waals surface area contributed by atoms with Gasteiger partial charge in [0.2, 0.25) is 0 Å². The van der Waals surface area contributed by atoms with Crippen molar-refractivity contribution >= 4 is 28.3 Å². The van der Waals surface area contributed by atoms with Crippen molar-refractivity contribution in [3.8, 4) is 0 Å². The van der Waals surface area contributed by atoms with Crippen molar-refractivity contribution < 1.29 is 13.2 Å². The second-order valence-electron chi connectivity index (χ2n) is 7.53. The van der Waals surface area contributed by atoms with E-state index in [0.29, 0.717) is 6.04 Å². The van der Waals surface area contributed by atoms with Gasteiger partial charge in [-0.2, -0.15) is 13.2 Å². The van der Waals surface area contributed by atoms with Gasteiger partial charge in [0.15, 0.2) is 0 Å². The summed E-state index contributed by atoms with van der Waals surface area (Å²) >= 11 is 5.84. The molecule has 4 nitrogen and oxygen atoms in total. The molecular weight excluding hydrogens is 401 g/mol. The normalized spacial score (nSPS) is 19.0. The molecule has 1 aromatic heterocycles. The molecule has 2 aromatic carbocycles. The van der Waals surface area contributed by atoms with Crippen LogP contribution in [0.5, 0.6) is 0 Å². The smallest absolute Gasteiger partial charge is 0.369 e. The zero-order valence-corrected chi connectivity index (χ0v) is 16.9. The lowest BCUT2D eigenvalue weighted by Crippen LogP contribution is -2.49. The van der Waals surface area contributed by atoms with E-state index < -0.39 is 17.8 Å². The molecule has 1 fully saturated rings. The largest absolute Gasteiger partial charge is 0.416 e. The first-order chi connectivity index (χ1) is 13.7. The minimum Gasteiger partial charge on any atom is -0.369 e. The summed E-state index contributed by atoms with van der Waals surface area (Å²) in [6.07, 6.45) is -2.87. The highest BCUT2D eigenvalue weighted by Crippen LogP contribution is 2.38. The Labute approximate surface area is 172 Å². The van der Waals surface area contributed by atoms with Crippen LogP contribution in [-0.2, 0) is 6.18 Å². The van der Waals surface area contributed by atoms with E-state index in [9.17, 15) is 13.2 Å². The Hall–Kier alpha value is -2.25. The zero-order valence-electron chi connectivity index (χ0n) is 16.2. The topological polar surface area (TPSA) is 33.1 Å². The number of hydrogen-bond donors (Lipinski definition) is 1. The maximum Gasteiger partial charge on any atom is 0.416 e. The number of alkyl halides is 3. The summed E-state index contributed by atoms with van der Waals surface area (Å²) in [6, 6.07) is 9.72. The number of nitrogens with one attached hydrogen (secondary N) is 1. The molecule has 8 heteroatoms. The Morgan fingerprint density at radius 1 is 1.21 bits per heavy atom. The summed E-state index contributed by atoms with van der Waals surface area (Å²) in [7, 11) is 0. The average Bonchev–Trinajstić information content (AvgIpc) is 3.10. The van der Waals surface area contributed by atoms with Crippen molar-refractivity contribution in [2.75, 3.05) is 24.5 Å². The molecule has 0 saturated carbocycles. The summed E-state index contributed by atoms with van der Waals surface area (Å²) in [5, 5.41) is 3.48. The van der Waals surface area contributed by atoms with Gasteiger partial charge in [-0.1, -0.05) is 17.7 Å². The van der Waals surface area contributed by atoms with Gasteiger partial charge < -0.3 is 14.8 Å². The fourth-order valence-corrected chi connectivity index (χ4v) is 4.15. The predicted molar refractivity (Wildman–Crippen MR) is 110 cm³/mol. The first-order valence-electron chi connectivity index (χ1n) is 9.55. The number of piperazine rings is 1. The van der Waals surface area contributed by atoms with Gasteiger partial charge in [-0.25, -0.2) is 4.98 Å². The van der Waals surface area contributed by atoms with Gasteiger partial charge >= 0.3 is 6.18 Å². The van der Waals surface area contributed by atoms with E-state index >= 15 is 0 Å². The summed E-state index contributed by atoms with van der Waals surface area (Å²) in [5.74, 6) is 0. The standard InChI is InChI=1S/C21H22ClF3N4/c1-13-11-28(8-7-26-13)16-4-6-19-20(10-16)29(12-27-19)14(2)17-5-3-15(22)9-18(17)21(23,24)25/h3-6,9-10,12-14,26H,7-8,11H2,1-2H3/t13-,14?/m1/s1. The molecule has 154 valence electrons. The molecule has 1 aliphatic heterocycles. The van der Waals surface area contributed by atoms with Gasteiger partial charge in [-0.05, 0) is 49.7 Å². The van der Waals surface area contributed by atoms with Crippen LogP contribution in [-0.4, -0.2) is 35.2 Å². The third-order valence-corrected chi connectivity index (χ3v) is 5.72. The van der Waals surface area contributed by atoms with Crippen molar-refractivity contribution in [3.05, 3.63) is 58.9 Å². The fraction of sp³-hybridized carbons (Fsp3) is 0.381. The van der Waals surface area contributed by atoms with Gasteiger partial charge in [0, 0.05) is 36.4 Å². The van der Waals surface area contributed by atoms with Gasteiger partial charge in [-0.15, -0.1) is 0 Å². The highest BCUT2D eigenvalue weighted by Gasteiger charge is 2.35. The van der Waals surface area contributed by atoms with Gasteiger partial charge in [0.05, 0.1) is 29.0 Å². The van der Waals surface area contributed by atoms with Crippen molar-refractivity contribution in [2.45, 2.75) is 32.1 Å². The molecule has 1 N–H and O–H groups in total. The quantitative estimate of drug-likeness (QED) is 0.636. The van der Waals surface area contributed by atoms with E-state index in [4.69, 9.17) is 11.6 Å². The summed E-state index contributed by atoms with van der Waals surface area (Å²) in [5.41, 5.74) is 2.07. The lowest BCUT2D eigenvalue weighted by molar-refractivity contribution is -0.138. The number of rotatable bonds is 3. The van der Waals surface area contributed by atoms with E-state index in [1.165, 1.54) is 12.1 Å². The highest BCUT2D eigenvalue weighted by molar-refractivity contribution is 6.30. The second kappa shape index (κ2) is 7.54. The van der Waals surface area contributed by atoms with Crippen molar-refractivity contribution in [1.82, 2.24) is 14.9 Å². The van der Waals surface area contributed by atoms with Crippen LogP contribution in [0.1, 0.15) is 31.0 Å². The number of hydrogen-bond acceptors (Lipinski definition) is 3. The molecule has 0 bridgehead atoms. The molecule has 2 heterocycles. The van der Waals surface area contributed by atoms with Crippen LogP contribution >= 0.6 is 11.6 Å². The number of aromatic nitrogens is 2. The van der Waals surface area contributed by atoms with E-state index in [1.54, 1.807) is 17.8 Å². The Kier molecular flexibility index (Phi) is 5.21. The Morgan fingerprint density at radius 3 is 2.72 bits per heavy atom. The molecule has 1 unspecified atom stereocenters. The van der Waals surface area contributed by atoms with Crippen LogP contribution < -0.4 is 10.2 Å². The van der Waals surface area contributed by atoms with Crippen LogP contribution in [0.25, 0.3) is 11.0 Å². The van der Waals surface area contributed by atoms with E-state index in [1.807, 2.05) is 18.2 Å². The van der Waals surface area contributed by atoms with Crippen molar-refractivity contribution in [3.63, 3.8) is 0 Å². The van der Waals surface area contributed by atoms with E-state index in [-0.39, 0.29) is 10.6 Å². The van der Waals surface area contributed by atoms with E-state index in [2.05, 4.69) is 22.1 Å². The molecule has 4 rings (SSSR count). The third kappa shape index (κ3) is 3.94. The Morgan fingerprint density at radius 2 is 2.00 bits per heavy atom. The van der Waals surface area contributed by atoms with Crippen LogP contribution in [0.15, 0.2) is 42.7 Å². The number of nitrogens with zero attached hydrogens (tertiary/aromatic N) is 3. The van der Waals surface area contributed by atoms with Gasteiger partial charge in [0.1, 0.15) is 0 Å². The first kappa shape index (κ1) is 20.0. The molecule has 0 spiro atoms. The monoisotopic (exact) mass is 422 g/mol. The molecule has 29 heavy (non-hydrogen) atoms. The SMILES string of the molecule is CC(c1ccc(Cl)cc1C(F)(F)F)n1cnc2ccc(N3CCN[C@H](C)C3)cc21. The second-order valence-corrected chi connectivity index (χ2v) is 7.97. The maximum absolute atomic E-state index is 13.6. The minimum absolute atomic E-state index is 0.0684. The molecule has 3 aromatic rings. The Bertz CT molecular complexity index is 1030. The predicted octanol–water partition coefficient (Wildman–Crippen LogP) is 5.12. The molecule has 0 radical (unpaired) electrons. The molecule has 1 aliphatic rings. The molecular formula is C21H22ClF3N4. The number of imidazole rings is 1. The maximum atomic E-state index is 13.6. The van der Waals surface area contributed by atoms with Gasteiger partial charge in [0.25, 0.3) is 0 Å². The lowest BCUT2D eigenvalue weighted by atomic mass is 10.0. The van der Waals surface area contributed by atoms with Crippen LogP contribution in [0.3, 0.4) is 0 Å². The molecule has 0 aliphatic carbocycles. The minimum atomic E-state index is -4.48. The number of anilines is 1. The number of halogens is 4. The number of benzene rings is 2. The van der Waals surface area contributed by atoms with Crippen LogP contribution in [0.2, 0.25) is 5.02 Å². The first-order valence-corrected chi connectivity index (χ1v) is 9.93. The zero-order chi connectivity index (χ0) is 20.8. The third-order valence-electron chi connectivity index (χ3n) is 5.48. The average molecular weight is 423 g/mol. The highest BCUT2D eigenvalue weighted by atomic mass is 35.5. The van der Waals surface area contributed by atoms with Gasteiger partial charge in [-0.3, -0.25) is 0 Å². The summed E-state index contributed by atoms with van der Waals surface area (Å²) < 4.78 is 42.6. The van der Waals surface area contributed by atoms with Crippen molar-refractivity contribution in [1.29, 1.82) is 0 Å². The van der Waals surface area contributed by atoms with Crippen LogP contribution in [0.4, 0.5) is 18.9 Å². The van der Waals surface area contributed by atoms with E-state index in [0.717, 1.165) is 42.4 Å². The molecule has 1 saturated heterocycles. The fourth-order valence-electron chi connectivity index (χ4n) is 3.97. The Balaban J connectivity index is 1.76. The summed E-state index contributed by atoms with van der Waals surface area (Å²) in [4.78, 5) is 6.68. The molecule has 2 atom stereocenters. The summed E-state index contributed by atoms with van der Waals surface area (Å²) in [6.45, 7) is 6.55. The number of fused-ring (bicyclic) bond motifs is 1. The van der Waals surface area contributed by atoms with Crippen molar-refractivity contribution in [2.24, 2.45) is 0 Å². The lowest BCUT2D eigenvalue weighted by Gasteiger charge is -2.33.